The minimum Gasteiger partial charge on any atom is -0.474 e. The van der Waals surface area contributed by atoms with Crippen LogP contribution in [0.25, 0.3) is 16.9 Å². The molecule has 1 aromatic carbocycles. The molecule has 0 N–H and O–H groups in total. The monoisotopic (exact) mass is 570 g/mol. The van der Waals surface area contributed by atoms with E-state index in [-0.39, 0.29) is 35.7 Å². The zero-order chi connectivity index (χ0) is 28.3. The van der Waals surface area contributed by atoms with Gasteiger partial charge in [0.1, 0.15) is 11.9 Å². The normalized spacial score (nSPS) is 22.4. The summed E-state index contributed by atoms with van der Waals surface area (Å²) in [6.45, 7) is 3.72. The van der Waals surface area contributed by atoms with Gasteiger partial charge in [-0.15, -0.1) is 0 Å². The van der Waals surface area contributed by atoms with Gasteiger partial charge in [0.2, 0.25) is 17.7 Å². The number of ether oxygens (including phenoxy) is 3. The molecule has 220 valence electrons. The molecule has 0 bridgehead atoms. The van der Waals surface area contributed by atoms with Crippen molar-refractivity contribution in [2.75, 3.05) is 51.4 Å². The van der Waals surface area contributed by atoms with Crippen LogP contribution in [0.5, 0.6) is 5.88 Å². The average molecular weight is 571 g/mol. The molecule has 1 amide bonds. The Hall–Kier alpha value is -3.38. The molecule has 1 saturated carbocycles. The van der Waals surface area contributed by atoms with Gasteiger partial charge in [-0.3, -0.25) is 9.36 Å². The van der Waals surface area contributed by atoms with E-state index < -0.39 is 6.43 Å². The number of fused-ring (bicyclic) bond motifs is 1. The van der Waals surface area contributed by atoms with Crippen molar-refractivity contribution in [2.45, 2.75) is 57.2 Å². The van der Waals surface area contributed by atoms with Crippen molar-refractivity contribution in [3.8, 4) is 11.7 Å². The second-order valence-electron chi connectivity index (χ2n) is 10.9. The molecule has 0 atom stereocenters. The first kappa shape index (κ1) is 27.8. The maximum absolute atomic E-state index is 14.1. The zero-order valence-corrected chi connectivity index (χ0v) is 23.3. The number of hydrogen-bond donors (Lipinski definition) is 0. The summed E-state index contributed by atoms with van der Waals surface area (Å²) in [7, 11) is 1.73. The lowest BCUT2D eigenvalue weighted by Gasteiger charge is -2.36. The number of carbonyl (C=O) groups is 1. The molecule has 2 aliphatic heterocycles. The lowest BCUT2D eigenvalue weighted by atomic mass is 9.86. The Balaban J connectivity index is 1.22. The number of imidazole rings is 1. The molecule has 3 aliphatic rings. The quantitative estimate of drug-likeness (QED) is 0.418. The SMILES string of the molecule is COC1CCN(C(=O)[C@H]2CC[C@H](Oc3cc(-n4c(C(F)F)nc5ccccc54)nc(N4CCOCC4)n3)CC2)CC1. The average Bonchev–Trinajstić information content (AvgIpc) is 3.42. The van der Waals surface area contributed by atoms with Crippen LogP contribution in [0.2, 0.25) is 0 Å². The number of halogens is 2. The van der Waals surface area contributed by atoms with Gasteiger partial charge in [0.15, 0.2) is 5.82 Å². The minimum atomic E-state index is -2.79. The number of piperidine rings is 1. The van der Waals surface area contributed by atoms with Gasteiger partial charge in [0.05, 0.1) is 30.4 Å². The van der Waals surface area contributed by atoms with Crippen molar-refractivity contribution in [3.63, 3.8) is 0 Å². The Morgan fingerprint density at radius 1 is 0.951 bits per heavy atom. The molecule has 12 heteroatoms. The third kappa shape index (κ3) is 5.99. The topological polar surface area (TPSA) is 94.8 Å². The summed E-state index contributed by atoms with van der Waals surface area (Å²) in [6.07, 6.45) is 1.98. The number of hydrogen-bond acceptors (Lipinski definition) is 8. The van der Waals surface area contributed by atoms with Crippen LogP contribution < -0.4 is 9.64 Å². The first-order chi connectivity index (χ1) is 20.0. The number of carbonyl (C=O) groups excluding carboxylic acids is 1. The van der Waals surface area contributed by atoms with E-state index in [0.29, 0.717) is 62.0 Å². The van der Waals surface area contributed by atoms with Gasteiger partial charge in [-0.1, -0.05) is 12.1 Å². The molecule has 3 fully saturated rings. The van der Waals surface area contributed by atoms with E-state index in [4.69, 9.17) is 19.2 Å². The van der Waals surface area contributed by atoms with Crippen molar-refractivity contribution in [1.29, 1.82) is 0 Å². The number of alkyl halides is 2. The summed E-state index contributed by atoms with van der Waals surface area (Å²) in [5.41, 5.74) is 1.00. The van der Waals surface area contributed by atoms with Gasteiger partial charge in [-0.05, 0) is 50.7 Å². The second kappa shape index (κ2) is 12.2. The lowest BCUT2D eigenvalue weighted by Crippen LogP contribution is -2.44. The summed E-state index contributed by atoms with van der Waals surface area (Å²) in [5.74, 6) is 0.849. The smallest absolute Gasteiger partial charge is 0.296 e. The van der Waals surface area contributed by atoms with E-state index in [9.17, 15) is 13.6 Å². The van der Waals surface area contributed by atoms with Gasteiger partial charge >= 0.3 is 0 Å². The minimum absolute atomic E-state index is 0.00951. The Morgan fingerprint density at radius 3 is 2.39 bits per heavy atom. The first-order valence-corrected chi connectivity index (χ1v) is 14.5. The van der Waals surface area contributed by atoms with E-state index in [2.05, 4.69) is 9.97 Å². The second-order valence-corrected chi connectivity index (χ2v) is 10.9. The fourth-order valence-corrected chi connectivity index (χ4v) is 6.08. The van der Waals surface area contributed by atoms with Crippen LogP contribution in [-0.2, 0) is 14.3 Å². The maximum atomic E-state index is 14.1. The maximum Gasteiger partial charge on any atom is 0.296 e. The molecule has 0 spiro atoms. The number of likely N-dealkylation sites (tertiary alicyclic amines) is 1. The van der Waals surface area contributed by atoms with Gasteiger partial charge in [-0.2, -0.15) is 9.97 Å². The van der Waals surface area contributed by atoms with Crippen LogP contribution >= 0.6 is 0 Å². The largest absolute Gasteiger partial charge is 0.474 e. The van der Waals surface area contributed by atoms with Crippen molar-refractivity contribution >= 4 is 22.9 Å². The molecule has 0 radical (unpaired) electrons. The van der Waals surface area contributed by atoms with Crippen LogP contribution in [0.1, 0.15) is 50.8 Å². The van der Waals surface area contributed by atoms with Crippen LogP contribution in [0, 0.1) is 5.92 Å². The molecule has 2 aromatic heterocycles. The number of morpholine rings is 1. The highest BCUT2D eigenvalue weighted by Crippen LogP contribution is 2.33. The highest BCUT2D eigenvalue weighted by molar-refractivity contribution is 5.79. The molecule has 1 aliphatic carbocycles. The van der Waals surface area contributed by atoms with E-state index in [1.807, 2.05) is 9.80 Å². The predicted molar refractivity (Wildman–Crippen MR) is 148 cm³/mol. The number of aromatic nitrogens is 4. The highest BCUT2D eigenvalue weighted by Gasteiger charge is 2.33. The molecule has 0 unspecified atom stereocenters. The van der Waals surface area contributed by atoms with Crippen LogP contribution in [-0.4, -0.2) is 89.0 Å². The van der Waals surface area contributed by atoms with E-state index in [0.717, 1.165) is 38.8 Å². The summed E-state index contributed by atoms with van der Waals surface area (Å²) >= 11 is 0. The molecule has 6 rings (SSSR count). The van der Waals surface area contributed by atoms with Gasteiger partial charge in [0, 0.05) is 45.3 Å². The highest BCUT2D eigenvalue weighted by atomic mass is 19.3. The van der Waals surface area contributed by atoms with Crippen molar-refractivity contribution in [3.05, 3.63) is 36.2 Å². The third-order valence-electron chi connectivity index (χ3n) is 8.38. The number of amides is 1. The number of anilines is 1. The van der Waals surface area contributed by atoms with E-state index >= 15 is 0 Å². The first-order valence-electron chi connectivity index (χ1n) is 14.5. The predicted octanol–water partition coefficient (Wildman–Crippen LogP) is 4.16. The van der Waals surface area contributed by atoms with E-state index in [1.54, 1.807) is 37.4 Å². The van der Waals surface area contributed by atoms with E-state index in [1.165, 1.54) is 4.57 Å². The summed E-state index contributed by atoms with van der Waals surface area (Å²) in [5, 5.41) is 0. The Morgan fingerprint density at radius 2 is 1.68 bits per heavy atom. The Kier molecular flexibility index (Phi) is 8.29. The number of para-hydroxylation sites is 2. The molecule has 10 nitrogen and oxygen atoms in total. The molecular weight excluding hydrogens is 534 g/mol. The van der Waals surface area contributed by atoms with Gasteiger partial charge in [-0.25, -0.2) is 13.8 Å². The van der Waals surface area contributed by atoms with Crippen molar-refractivity contribution in [1.82, 2.24) is 24.4 Å². The zero-order valence-electron chi connectivity index (χ0n) is 23.3. The fraction of sp³-hybridized carbons (Fsp3) is 0.586. The molecule has 4 heterocycles. The molecular formula is C29H36F2N6O4. The summed E-state index contributed by atoms with van der Waals surface area (Å²) < 4.78 is 46.9. The van der Waals surface area contributed by atoms with Crippen LogP contribution in [0.15, 0.2) is 30.3 Å². The van der Waals surface area contributed by atoms with Crippen molar-refractivity contribution < 1.29 is 27.8 Å². The Bertz CT molecular complexity index is 1350. The molecule has 3 aromatic rings. The molecule has 41 heavy (non-hydrogen) atoms. The van der Waals surface area contributed by atoms with Crippen molar-refractivity contribution in [2.24, 2.45) is 5.92 Å². The summed E-state index contributed by atoms with van der Waals surface area (Å²) in [4.78, 5) is 30.7. The number of rotatable bonds is 7. The fourth-order valence-electron chi connectivity index (χ4n) is 6.08. The van der Waals surface area contributed by atoms with Crippen LogP contribution in [0.3, 0.4) is 0 Å². The third-order valence-corrected chi connectivity index (χ3v) is 8.38. The summed E-state index contributed by atoms with van der Waals surface area (Å²) in [6, 6.07) is 8.63. The standard InChI is InChI=1S/C29H36F2N6O4/c1-39-20-10-12-35(13-11-20)28(38)19-6-8-21(9-7-19)41-25-18-24(33-29(34-25)36-14-16-40-17-15-36)37-23-5-3-2-4-22(23)32-27(37)26(30)31/h2-5,18-21,26H,6-17H2,1H3/t19-,21-. The molecule has 2 saturated heterocycles. The number of methoxy groups -OCH3 is 1. The van der Waals surface area contributed by atoms with Gasteiger partial charge in [0.25, 0.3) is 6.43 Å². The van der Waals surface area contributed by atoms with Crippen LogP contribution in [0.4, 0.5) is 14.7 Å². The van der Waals surface area contributed by atoms with Gasteiger partial charge < -0.3 is 24.0 Å². The number of nitrogens with zero attached hydrogens (tertiary/aromatic N) is 6. The lowest BCUT2D eigenvalue weighted by molar-refractivity contribution is -0.139. The Labute approximate surface area is 237 Å². The number of benzene rings is 1.